The summed E-state index contributed by atoms with van der Waals surface area (Å²) in [6.45, 7) is 2.30. The molecule has 0 aliphatic carbocycles. The number of amides is 6. The first-order chi connectivity index (χ1) is 23.0. The van der Waals surface area contributed by atoms with Crippen molar-refractivity contribution in [1.82, 2.24) is 26.3 Å². The molecule has 0 radical (unpaired) electrons. The first-order valence-corrected chi connectivity index (χ1v) is 14.9. The molecular weight excluding hydrogens is 640 g/mol. The van der Waals surface area contributed by atoms with Gasteiger partial charge >= 0.3 is 0 Å². The topological polar surface area (TPSA) is 302 Å². The summed E-state index contributed by atoms with van der Waals surface area (Å²) >= 11 is 0. The molecule has 3 aromatic rings. The van der Waals surface area contributed by atoms with Crippen molar-refractivity contribution in [3.63, 3.8) is 0 Å². The zero-order chi connectivity index (χ0) is 37.1. The fourth-order valence-electron chi connectivity index (χ4n) is 4.06. The average molecular weight is 685 g/mol. The zero-order valence-electron chi connectivity index (χ0n) is 27.4. The van der Waals surface area contributed by atoms with Crippen molar-refractivity contribution in [3.8, 4) is 5.75 Å². The molecule has 6 amide bonds. The molecule has 0 fully saturated rings. The Balaban J connectivity index is 0.00000135. The number of carbonyl (C=O) groups excluding carboxylic acids is 7. The van der Waals surface area contributed by atoms with E-state index in [1.807, 2.05) is 24.3 Å². The van der Waals surface area contributed by atoms with Crippen LogP contribution in [0.5, 0.6) is 5.75 Å². The van der Waals surface area contributed by atoms with Crippen LogP contribution in [0.4, 0.5) is 0 Å². The van der Waals surface area contributed by atoms with Gasteiger partial charge in [-0.3, -0.25) is 33.6 Å². The summed E-state index contributed by atoms with van der Waals surface area (Å²) in [4.78, 5) is 83.4. The second-order valence-electron chi connectivity index (χ2n) is 10.7. The maximum atomic E-state index is 13.1. The van der Waals surface area contributed by atoms with Crippen LogP contribution in [0.1, 0.15) is 31.9 Å². The largest absolute Gasteiger partial charge is 0.508 e. The SMILES string of the molecule is CC(=O)C(CO)NC(=O)CNC(=O)[C@H](Cc1c[nH]c2ccccc12)NC(=O)CNC(=O)[C@@H](N)Cc1ccc(O)cc1.CC(N)=O.CC(N)=O. The summed E-state index contributed by atoms with van der Waals surface area (Å²) in [6.07, 6.45) is 1.97. The molecule has 17 heteroatoms. The number of ketones is 1. The van der Waals surface area contributed by atoms with Crippen molar-refractivity contribution in [2.24, 2.45) is 17.2 Å². The number of rotatable bonds is 14. The van der Waals surface area contributed by atoms with Gasteiger partial charge in [0, 0.05) is 37.4 Å². The minimum Gasteiger partial charge on any atom is -0.508 e. The Labute approximate surface area is 282 Å². The lowest BCUT2D eigenvalue weighted by Gasteiger charge is -2.20. The van der Waals surface area contributed by atoms with E-state index in [1.54, 1.807) is 18.3 Å². The molecule has 0 aliphatic rings. The molecule has 13 N–H and O–H groups in total. The highest BCUT2D eigenvalue weighted by molar-refractivity contribution is 5.94. The van der Waals surface area contributed by atoms with Crippen LogP contribution in [0.15, 0.2) is 54.7 Å². The number of aliphatic hydroxyl groups excluding tert-OH is 1. The third-order valence-electron chi connectivity index (χ3n) is 6.33. The molecule has 3 rings (SSSR count). The monoisotopic (exact) mass is 684 g/mol. The molecule has 49 heavy (non-hydrogen) atoms. The average Bonchev–Trinajstić information content (AvgIpc) is 3.44. The van der Waals surface area contributed by atoms with E-state index >= 15 is 0 Å². The number of aromatic nitrogens is 1. The van der Waals surface area contributed by atoms with Gasteiger partial charge in [-0.25, -0.2) is 0 Å². The van der Waals surface area contributed by atoms with Crippen LogP contribution in [0, 0.1) is 0 Å². The van der Waals surface area contributed by atoms with Gasteiger partial charge in [0.25, 0.3) is 0 Å². The smallest absolute Gasteiger partial charge is 0.243 e. The molecule has 2 aromatic carbocycles. The number of carbonyl (C=O) groups is 7. The summed E-state index contributed by atoms with van der Waals surface area (Å²) < 4.78 is 0. The predicted molar refractivity (Wildman–Crippen MR) is 179 cm³/mol. The van der Waals surface area contributed by atoms with Gasteiger partial charge in [-0.2, -0.15) is 0 Å². The van der Waals surface area contributed by atoms with Crippen LogP contribution in [0.3, 0.4) is 0 Å². The van der Waals surface area contributed by atoms with Crippen LogP contribution in [0.25, 0.3) is 10.9 Å². The van der Waals surface area contributed by atoms with Gasteiger partial charge in [0.05, 0.1) is 25.7 Å². The number of phenols is 1. The number of benzene rings is 2. The highest BCUT2D eigenvalue weighted by Crippen LogP contribution is 2.19. The number of hydrogen-bond acceptors (Lipinski definition) is 10. The molecule has 266 valence electrons. The molecule has 0 saturated carbocycles. The van der Waals surface area contributed by atoms with E-state index in [0.29, 0.717) is 0 Å². The van der Waals surface area contributed by atoms with Crippen LogP contribution in [-0.2, 0) is 46.4 Å². The van der Waals surface area contributed by atoms with Gasteiger partial charge in [-0.15, -0.1) is 0 Å². The van der Waals surface area contributed by atoms with Crippen molar-refractivity contribution in [3.05, 3.63) is 65.9 Å². The number of para-hydroxylation sites is 1. The Morgan fingerprint density at radius 1 is 0.755 bits per heavy atom. The number of fused-ring (bicyclic) bond motifs is 1. The Hall–Kier alpha value is -5.81. The van der Waals surface area contributed by atoms with Crippen molar-refractivity contribution >= 4 is 52.1 Å². The van der Waals surface area contributed by atoms with E-state index < -0.39 is 67.2 Å². The van der Waals surface area contributed by atoms with E-state index in [1.165, 1.54) is 32.9 Å². The predicted octanol–water partition coefficient (Wildman–Crippen LogP) is -2.25. The van der Waals surface area contributed by atoms with E-state index in [-0.39, 0.29) is 30.4 Å². The number of aliphatic hydroxyl groups is 1. The molecule has 3 atom stereocenters. The van der Waals surface area contributed by atoms with Gasteiger partial charge in [-0.1, -0.05) is 30.3 Å². The number of Topliss-reactive ketones (excluding diaryl/α,β-unsaturated/α-hetero) is 1. The van der Waals surface area contributed by atoms with E-state index in [0.717, 1.165) is 22.0 Å². The van der Waals surface area contributed by atoms with Crippen LogP contribution in [-0.4, -0.2) is 94.2 Å². The number of nitrogens with one attached hydrogen (secondary N) is 5. The number of primary amides is 2. The molecular formula is C32H44N8O9. The Kier molecular flexibility index (Phi) is 17.8. The normalized spacial score (nSPS) is 11.9. The Morgan fingerprint density at radius 3 is 1.80 bits per heavy atom. The summed E-state index contributed by atoms with van der Waals surface area (Å²) in [5, 5.41) is 29.3. The molecule has 17 nitrogen and oxygen atoms in total. The number of phenolic OH excluding ortho intramolecular Hbond substituents is 1. The first-order valence-electron chi connectivity index (χ1n) is 14.9. The molecule has 0 bridgehead atoms. The number of aromatic amines is 1. The van der Waals surface area contributed by atoms with E-state index in [9.17, 15) is 43.8 Å². The van der Waals surface area contributed by atoms with Crippen LogP contribution in [0.2, 0.25) is 0 Å². The summed E-state index contributed by atoms with van der Waals surface area (Å²) in [5.41, 5.74) is 17.2. The standard InChI is InChI=1S/C28H34N6O7.2C2H5NO/c1-16(36)24(15-35)34-26(39)14-32-28(41)23(11-18-12-30-22-5-3-2-4-20(18)22)33-25(38)13-31-27(40)21(29)10-17-6-8-19(37)9-7-17;2*1-2(3)4/h2-9,12,21,23-24,30,35,37H,10-11,13-15,29H2,1H3,(H,31,40)(H,32,41)(H,33,38)(H,34,39);2*1H3,(H2,3,4)/t21-,23-,24?;;/m0../s1. The Bertz CT molecular complexity index is 1570. The number of H-pyrrole nitrogens is 1. The van der Waals surface area contributed by atoms with Crippen molar-refractivity contribution in [2.45, 2.75) is 51.7 Å². The second-order valence-corrected chi connectivity index (χ2v) is 10.7. The van der Waals surface area contributed by atoms with E-state index in [2.05, 4.69) is 37.7 Å². The fraction of sp³-hybridized carbons (Fsp3) is 0.344. The molecule has 1 unspecified atom stereocenters. The van der Waals surface area contributed by atoms with Gasteiger partial charge < -0.3 is 53.7 Å². The minimum atomic E-state index is -1.11. The number of nitrogens with two attached hydrogens (primary N) is 3. The molecule has 1 heterocycles. The lowest BCUT2D eigenvalue weighted by molar-refractivity contribution is -0.131. The van der Waals surface area contributed by atoms with Crippen molar-refractivity contribution in [1.29, 1.82) is 0 Å². The van der Waals surface area contributed by atoms with Crippen LogP contribution < -0.4 is 38.5 Å². The quantitative estimate of drug-likeness (QED) is 0.0870. The molecule has 0 saturated heterocycles. The third-order valence-corrected chi connectivity index (χ3v) is 6.33. The highest BCUT2D eigenvalue weighted by Gasteiger charge is 2.25. The van der Waals surface area contributed by atoms with Gasteiger partial charge in [-0.05, 0) is 42.7 Å². The van der Waals surface area contributed by atoms with Gasteiger partial charge in [0.2, 0.25) is 35.4 Å². The first kappa shape index (κ1) is 41.2. The lowest BCUT2D eigenvalue weighted by atomic mass is 10.0. The third kappa shape index (κ3) is 16.5. The highest BCUT2D eigenvalue weighted by atomic mass is 16.3. The maximum Gasteiger partial charge on any atom is 0.243 e. The second kappa shape index (κ2) is 21.1. The minimum absolute atomic E-state index is 0.0736. The Morgan fingerprint density at radius 2 is 1.27 bits per heavy atom. The zero-order valence-corrected chi connectivity index (χ0v) is 27.4. The number of hydrogen-bond donors (Lipinski definition) is 10. The van der Waals surface area contributed by atoms with Crippen molar-refractivity contribution < 1.29 is 43.8 Å². The summed E-state index contributed by atoms with van der Waals surface area (Å²) in [5.74, 6) is -3.62. The van der Waals surface area contributed by atoms with Gasteiger partial charge in [0.15, 0.2) is 5.78 Å². The van der Waals surface area contributed by atoms with Gasteiger partial charge in [0.1, 0.15) is 17.8 Å². The molecule has 0 aliphatic heterocycles. The van der Waals surface area contributed by atoms with Crippen LogP contribution >= 0.6 is 0 Å². The maximum absolute atomic E-state index is 13.1. The molecule has 1 aromatic heterocycles. The molecule has 0 spiro atoms. The fourth-order valence-corrected chi connectivity index (χ4v) is 4.06. The summed E-state index contributed by atoms with van der Waals surface area (Å²) in [6, 6.07) is 10.5. The lowest BCUT2D eigenvalue weighted by Crippen LogP contribution is -2.53. The number of aromatic hydroxyl groups is 1. The van der Waals surface area contributed by atoms with E-state index in [4.69, 9.17) is 5.73 Å². The summed E-state index contributed by atoms with van der Waals surface area (Å²) in [7, 11) is 0. The van der Waals surface area contributed by atoms with Crippen molar-refractivity contribution in [2.75, 3.05) is 19.7 Å².